The Kier molecular flexibility index (Phi) is 4.41. The molecule has 10 heteroatoms. The molecule has 0 atom stereocenters. The van der Waals surface area contributed by atoms with Gasteiger partial charge in [-0.3, -0.25) is 0 Å². The van der Waals surface area contributed by atoms with Crippen molar-refractivity contribution in [1.82, 2.24) is 10.1 Å². The summed E-state index contributed by atoms with van der Waals surface area (Å²) in [5, 5.41) is 14.2. The largest absolute Gasteiger partial charge is 0.573 e. The number of carbonyl (C=O) groups is 1. The van der Waals surface area contributed by atoms with Gasteiger partial charge in [0.2, 0.25) is 0 Å². The van der Waals surface area contributed by atoms with Gasteiger partial charge in [0.1, 0.15) is 11.4 Å². The summed E-state index contributed by atoms with van der Waals surface area (Å²) in [5.74, 6) is -1.73. The van der Waals surface area contributed by atoms with Gasteiger partial charge in [-0.15, -0.1) is 13.2 Å². The van der Waals surface area contributed by atoms with Gasteiger partial charge in [-0.05, 0) is 31.2 Å². The molecule has 2 heterocycles. The number of ether oxygens (including phenoxy) is 2. The summed E-state index contributed by atoms with van der Waals surface area (Å²) >= 11 is 0. The summed E-state index contributed by atoms with van der Waals surface area (Å²) < 4.78 is 50.3. The number of carbonyl (C=O) groups excluding carboxylic acids is 1. The summed E-state index contributed by atoms with van der Waals surface area (Å²) in [7, 11) is 0. The van der Waals surface area contributed by atoms with E-state index in [1.807, 2.05) is 0 Å². The molecule has 0 aliphatic heterocycles. The minimum atomic E-state index is -4.80. The number of hydrogen-bond donors (Lipinski definition) is 1. The summed E-state index contributed by atoms with van der Waals surface area (Å²) in [6.45, 7) is 1.69. The van der Waals surface area contributed by atoms with E-state index >= 15 is 0 Å². The fourth-order valence-corrected chi connectivity index (χ4v) is 2.28. The molecular formula is C16H11F3N2O5. The van der Waals surface area contributed by atoms with Crippen LogP contribution in [0.15, 0.2) is 35.0 Å². The molecule has 3 rings (SSSR count). The normalized spacial score (nSPS) is 11.5. The van der Waals surface area contributed by atoms with Crippen LogP contribution in [0.4, 0.5) is 13.2 Å². The van der Waals surface area contributed by atoms with Crippen LogP contribution in [0.1, 0.15) is 17.4 Å². The van der Waals surface area contributed by atoms with Crippen molar-refractivity contribution in [2.75, 3.05) is 6.61 Å². The van der Waals surface area contributed by atoms with Crippen molar-refractivity contribution in [2.45, 2.75) is 13.3 Å². The molecule has 0 fully saturated rings. The van der Waals surface area contributed by atoms with Crippen molar-refractivity contribution < 1.29 is 37.1 Å². The molecule has 1 N–H and O–H groups in total. The van der Waals surface area contributed by atoms with Crippen LogP contribution in [0.5, 0.6) is 11.5 Å². The number of benzene rings is 1. The Bertz CT molecular complexity index is 951. The molecule has 0 unspecified atom stereocenters. The van der Waals surface area contributed by atoms with Crippen LogP contribution >= 0.6 is 0 Å². The molecule has 0 aliphatic rings. The Morgan fingerprint density at radius 1 is 1.27 bits per heavy atom. The predicted octanol–water partition coefficient (Wildman–Crippen LogP) is 3.67. The van der Waals surface area contributed by atoms with Crippen molar-refractivity contribution in [3.63, 3.8) is 0 Å². The van der Waals surface area contributed by atoms with Gasteiger partial charge < -0.3 is 19.1 Å². The molecule has 26 heavy (non-hydrogen) atoms. The predicted molar refractivity (Wildman–Crippen MR) is 81.5 cm³/mol. The fraction of sp³-hybridized carbons (Fsp3) is 0.188. The molecular weight excluding hydrogens is 357 g/mol. The highest BCUT2D eigenvalue weighted by Crippen LogP contribution is 2.36. The summed E-state index contributed by atoms with van der Waals surface area (Å²) in [6.07, 6.45) is -3.61. The second-order valence-electron chi connectivity index (χ2n) is 5.02. The Balaban J connectivity index is 2.03. The number of rotatable bonds is 4. The monoisotopic (exact) mass is 368 g/mol. The van der Waals surface area contributed by atoms with E-state index in [4.69, 9.17) is 9.26 Å². The third kappa shape index (κ3) is 3.39. The highest BCUT2D eigenvalue weighted by atomic mass is 19.4. The van der Waals surface area contributed by atoms with E-state index in [-0.39, 0.29) is 29.0 Å². The number of halogens is 3. The van der Waals surface area contributed by atoms with E-state index in [2.05, 4.69) is 14.9 Å². The Morgan fingerprint density at radius 2 is 1.96 bits per heavy atom. The number of alkyl halides is 3. The van der Waals surface area contributed by atoms with Crippen molar-refractivity contribution in [3.8, 4) is 22.8 Å². The first-order valence-corrected chi connectivity index (χ1v) is 7.30. The number of pyridine rings is 1. The van der Waals surface area contributed by atoms with E-state index in [0.717, 1.165) is 12.1 Å². The van der Waals surface area contributed by atoms with E-state index < -0.39 is 23.8 Å². The second kappa shape index (κ2) is 6.54. The number of aromatic hydroxyl groups is 1. The lowest BCUT2D eigenvalue weighted by molar-refractivity contribution is -0.274. The molecule has 7 nitrogen and oxygen atoms in total. The smallest absolute Gasteiger partial charge is 0.505 e. The fourth-order valence-electron chi connectivity index (χ4n) is 2.28. The van der Waals surface area contributed by atoms with Gasteiger partial charge in [-0.2, -0.15) is 0 Å². The van der Waals surface area contributed by atoms with Crippen LogP contribution < -0.4 is 4.74 Å². The lowest BCUT2D eigenvalue weighted by Gasteiger charge is -2.09. The molecule has 0 radical (unpaired) electrons. The van der Waals surface area contributed by atoms with Crippen LogP contribution in [-0.4, -0.2) is 34.2 Å². The van der Waals surface area contributed by atoms with E-state index in [9.17, 15) is 23.1 Å². The first-order valence-electron chi connectivity index (χ1n) is 7.30. The van der Waals surface area contributed by atoms with Gasteiger partial charge in [-0.1, -0.05) is 5.16 Å². The molecule has 3 aromatic rings. The maximum Gasteiger partial charge on any atom is 0.573 e. The van der Waals surface area contributed by atoms with Crippen LogP contribution in [0.25, 0.3) is 22.2 Å². The zero-order valence-corrected chi connectivity index (χ0v) is 13.2. The van der Waals surface area contributed by atoms with Crippen molar-refractivity contribution in [2.24, 2.45) is 0 Å². The molecule has 0 amide bonds. The van der Waals surface area contributed by atoms with Crippen LogP contribution in [0, 0.1) is 0 Å². The molecule has 0 aliphatic carbocycles. The average Bonchev–Trinajstić information content (AvgIpc) is 2.99. The van der Waals surface area contributed by atoms with Gasteiger partial charge in [0.25, 0.3) is 0 Å². The average molecular weight is 368 g/mol. The Morgan fingerprint density at radius 3 is 2.58 bits per heavy atom. The third-order valence-corrected chi connectivity index (χ3v) is 3.32. The first kappa shape index (κ1) is 17.5. The number of esters is 1. The van der Waals surface area contributed by atoms with Gasteiger partial charge in [0.15, 0.2) is 17.0 Å². The van der Waals surface area contributed by atoms with Crippen molar-refractivity contribution >= 4 is 16.9 Å². The standard InChI is InChI=1S/C16H11F3N2O5/c1-2-24-15(23)13-14(22)11-10(7-20-13)26-21-12(11)8-3-5-9(6-4-8)25-16(17,18)19/h3-7,22H,2H2,1H3. The lowest BCUT2D eigenvalue weighted by atomic mass is 10.1. The van der Waals surface area contributed by atoms with Crippen molar-refractivity contribution in [3.05, 3.63) is 36.2 Å². The Labute approximate surface area is 143 Å². The number of aromatic nitrogens is 2. The molecule has 0 spiro atoms. The van der Waals surface area contributed by atoms with Crippen LogP contribution in [0.3, 0.4) is 0 Å². The number of nitrogens with zero attached hydrogens (tertiary/aromatic N) is 2. The maximum absolute atomic E-state index is 12.2. The molecule has 0 saturated carbocycles. The van der Waals surface area contributed by atoms with E-state index in [0.29, 0.717) is 5.56 Å². The SMILES string of the molecule is CCOC(=O)c1ncc2onc(-c3ccc(OC(F)(F)F)cc3)c2c1O. The Hall–Kier alpha value is -3.30. The molecule has 1 aromatic carbocycles. The quantitative estimate of drug-likeness (QED) is 0.702. The minimum Gasteiger partial charge on any atom is -0.505 e. The van der Waals surface area contributed by atoms with Gasteiger partial charge in [0.05, 0.1) is 18.2 Å². The molecule has 0 bridgehead atoms. The molecule has 2 aromatic heterocycles. The summed E-state index contributed by atoms with van der Waals surface area (Å²) in [6, 6.07) is 4.80. The highest BCUT2D eigenvalue weighted by Gasteiger charge is 2.31. The van der Waals surface area contributed by atoms with Gasteiger partial charge in [0, 0.05) is 5.56 Å². The lowest BCUT2D eigenvalue weighted by Crippen LogP contribution is -2.16. The second-order valence-corrected chi connectivity index (χ2v) is 5.02. The van der Waals surface area contributed by atoms with Gasteiger partial charge >= 0.3 is 12.3 Å². The van der Waals surface area contributed by atoms with E-state index in [1.165, 1.54) is 18.3 Å². The van der Waals surface area contributed by atoms with E-state index in [1.54, 1.807) is 6.92 Å². The maximum atomic E-state index is 12.2. The molecule has 136 valence electrons. The third-order valence-electron chi connectivity index (χ3n) is 3.32. The van der Waals surface area contributed by atoms with Crippen LogP contribution in [0.2, 0.25) is 0 Å². The van der Waals surface area contributed by atoms with Crippen LogP contribution in [-0.2, 0) is 4.74 Å². The van der Waals surface area contributed by atoms with Gasteiger partial charge in [-0.25, -0.2) is 9.78 Å². The first-order chi connectivity index (χ1) is 12.3. The summed E-state index contributed by atoms with van der Waals surface area (Å²) in [4.78, 5) is 15.6. The zero-order valence-electron chi connectivity index (χ0n) is 13.2. The van der Waals surface area contributed by atoms with Crippen molar-refractivity contribution in [1.29, 1.82) is 0 Å². The molecule has 0 saturated heterocycles. The zero-order chi connectivity index (χ0) is 18.9. The summed E-state index contributed by atoms with van der Waals surface area (Å²) in [5.41, 5.74) is 0.251. The number of fused-ring (bicyclic) bond motifs is 1. The highest BCUT2D eigenvalue weighted by molar-refractivity contribution is 6.02. The number of hydrogen-bond acceptors (Lipinski definition) is 7. The topological polar surface area (TPSA) is 94.7 Å². The minimum absolute atomic E-state index is 0.0903.